The summed E-state index contributed by atoms with van der Waals surface area (Å²) in [4.78, 5) is 5.57. The summed E-state index contributed by atoms with van der Waals surface area (Å²) in [6.45, 7) is 1.05. The fraction of sp³-hybridized carbons (Fsp3) is 0.267. The number of rotatable bonds is 4. The molecule has 19 heavy (non-hydrogen) atoms. The van der Waals surface area contributed by atoms with E-state index in [1.807, 2.05) is 6.07 Å². The largest absolute Gasteiger partial charge is 0.361 e. The van der Waals surface area contributed by atoms with Gasteiger partial charge < -0.3 is 9.88 Å². The van der Waals surface area contributed by atoms with Gasteiger partial charge in [0.1, 0.15) is 0 Å². The van der Waals surface area contributed by atoms with E-state index in [1.54, 1.807) is 6.20 Å². The molecule has 0 saturated carbocycles. The zero-order chi connectivity index (χ0) is 13.2. The highest BCUT2D eigenvalue weighted by molar-refractivity contribution is 5.96. The first-order valence-electron chi connectivity index (χ1n) is 6.49. The van der Waals surface area contributed by atoms with Crippen molar-refractivity contribution in [3.05, 3.63) is 42.2 Å². The van der Waals surface area contributed by atoms with Gasteiger partial charge in [0, 0.05) is 35.4 Å². The third-order valence-electron chi connectivity index (χ3n) is 3.41. The van der Waals surface area contributed by atoms with Crippen LogP contribution >= 0.6 is 0 Å². The number of hydrogen-bond donors (Lipinski definition) is 2. The van der Waals surface area contributed by atoms with Gasteiger partial charge in [0.05, 0.1) is 5.69 Å². The van der Waals surface area contributed by atoms with Crippen molar-refractivity contribution in [2.24, 2.45) is 0 Å². The number of H-pyrrole nitrogens is 2. The lowest BCUT2D eigenvalue weighted by Crippen LogP contribution is -2.14. The molecule has 2 aromatic heterocycles. The SMILES string of the molecule is CN(C)CCc1c[nH]c2cccc(-c3ccn[nH]3)c12. The van der Waals surface area contributed by atoms with Crippen LogP contribution in [0.25, 0.3) is 22.2 Å². The number of aromatic amines is 2. The van der Waals surface area contributed by atoms with E-state index in [-0.39, 0.29) is 0 Å². The lowest BCUT2D eigenvalue weighted by atomic mass is 10.0. The van der Waals surface area contributed by atoms with Gasteiger partial charge in [-0.3, -0.25) is 5.10 Å². The quantitative estimate of drug-likeness (QED) is 0.752. The summed E-state index contributed by atoms with van der Waals surface area (Å²) in [5.74, 6) is 0. The van der Waals surface area contributed by atoms with Gasteiger partial charge in [-0.15, -0.1) is 0 Å². The summed E-state index contributed by atoms with van der Waals surface area (Å²) >= 11 is 0. The Morgan fingerprint density at radius 1 is 1.21 bits per heavy atom. The van der Waals surface area contributed by atoms with E-state index in [4.69, 9.17) is 0 Å². The number of hydrogen-bond acceptors (Lipinski definition) is 2. The molecule has 0 fully saturated rings. The summed E-state index contributed by atoms with van der Waals surface area (Å²) < 4.78 is 0. The monoisotopic (exact) mass is 254 g/mol. The summed E-state index contributed by atoms with van der Waals surface area (Å²) in [5, 5.41) is 8.40. The maximum Gasteiger partial charge on any atom is 0.0657 e. The van der Waals surface area contributed by atoms with E-state index in [2.05, 4.69) is 58.6 Å². The van der Waals surface area contributed by atoms with Crippen molar-refractivity contribution in [2.45, 2.75) is 6.42 Å². The third-order valence-corrected chi connectivity index (χ3v) is 3.41. The maximum absolute atomic E-state index is 4.05. The van der Waals surface area contributed by atoms with Crippen molar-refractivity contribution in [3.8, 4) is 11.3 Å². The van der Waals surface area contributed by atoms with Gasteiger partial charge in [-0.05, 0) is 38.2 Å². The molecule has 0 spiro atoms. The number of likely N-dealkylation sites (N-methyl/N-ethyl adjacent to an activating group) is 1. The van der Waals surface area contributed by atoms with Gasteiger partial charge in [0.2, 0.25) is 0 Å². The Morgan fingerprint density at radius 2 is 2.11 bits per heavy atom. The normalized spacial score (nSPS) is 11.5. The lowest BCUT2D eigenvalue weighted by molar-refractivity contribution is 0.414. The molecule has 2 N–H and O–H groups in total. The molecule has 3 rings (SSSR count). The van der Waals surface area contributed by atoms with Crippen LogP contribution in [0.2, 0.25) is 0 Å². The Labute approximate surface area is 112 Å². The Hall–Kier alpha value is -2.07. The molecular formula is C15H18N4. The second-order valence-corrected chi connectivity index (χ2v) is 5.07. The van der Waals surface area contributed by atoms with Gasteiger partial charge in [-0.25, -0.2) is 0 Å². The number of nitrogens with one attached hydrogen (secondary N) is 2. The molecule has 0 amide bonds. The molecule has 0 bridgehead atoms. The Morgan fingerprint density at radius 3 is 2.84 bits per heavy atom. The molecule has 0 aliphatic carbocycles. The third kappa shape index (κ3) is 2.27. The van der Waals surface area contributed by atoms with Crippen LogP contribution in [0.3, 0.4) is 0 Å². The maximum atomic E-state index is 4.05. The zero-order valence-electron chi connectivity index (χ0n) is 11.3. The first-order chi connectivity index (χ1) is 9.25. The van der Waals surface area contributed by atoms with Crippen molar-refractivity contribution < 1.29 is 0 Å². The Bertz CT molecular complexity index is 665. The summed E-state index contributed by atoms with van der Waals surface area (Å²) in [6.07, 6.45) is 4.95. The van der Waals surface area contributed by atoms with Crippen LogP contribution in [0, 0.1) is 0 Å². The van der Waals surface area contributed by atoms with Crippen LogP contribution < -0.4 is 0 Å². The molecule has 1 aromatic carbocycles. The topological polar surface area (TPSA) is 47.7 Å². The summed E-state index contributed by atoms with van der Waals surface area (Å²) in [7, 11) is 4.20. The highest BCUT2D eigenvalue weighted by Gasteiger charge is 2.10. The molecule has 0 saturated heterocycles. The summed E-state index contributed by atoms with van der Waals surface area (Å²) in [6, 6.07) is 8.35. The van der Waals surface area contributed by atoms with Gasteiger partial charge >= 0.3 is 0 Å². The van der Waals surface area contributed by atoms with E-state index in [0.717, 1.165) is 18.7 Å². The predicted octanol–water partition coefficient (Wildman–Crippen LogP) is 2.66. The van der Waals surface area contributed by atoms with Gasteiger partial charge in [-0.1, -0.05) is 12.1 Å². The van der Waals surface area contributed by atoms with Crippen molar-refractivity contribution in [3.63, 3.8) is 0 Å². The van der Waals surface area contributed by atoms with Crippen molar-refractivity contribution >= 4 is 10.9 Å². The second kappa shape index (κ2) is 4.90. The first kappa shape index (κ1) is 12.0. The highest BCUT2D eigenvalue weighted by atomic mass is 15.1. The molecule has 4 nitrogen and oxygen atoms in total. The van der Waals surface area contributed by atoms with Crippen molar-refractivity contribution in [1.82, 2.24) is 20.1 Å². The molecule has 2 heterocycles. The van der Waals surface area contributed by atoms with E-state index >= 15 is 0 Å². The van der Waals surface area contributed by atoms with Gasteiger partial charge in [0.25, 0.3) is 0 Å². The average molecular weight is 254 g/mol. The molecule has 0 unspecified atom stereocenters. The van der Waals surface area contributed by atoms with E-state index in [0.29, 0.717) is 0 Å². The first-order valence-corrected chi connectivity index (χ1v) is 6.49. The smallest absolute Gasteiger partial charge is 0.0657 e. The van der Waals surface area contributed by atoms with Crippen LogP contribution in [-0.4, -0.2) is 40.7 Å². The van der Waals surface area contributed by atoms with E-state index < -0.39 is 0 Å². The van der Waals surface area contributed by atoms with Gasteiger partial charge in [-0.2, -0.15) is 5.10 Å². The Balaban J connectivity index is 2.09. The van der Waals surface area contributed by atoms with Crippen LogP contribution in [0.5, 0.6) is 0 Å². The standard InChI is InChI=1S/C15H18N4/c1-19(2)9-7-11-10-16-14-5-3-4-12(15(11)14)13-6-8-17-18-13/h3-6,8,10,16H,7,9H2,1-2H3,(H,17,18). The number of benzene rings is 1. The average Bonchev–Trinajstić information content (AvgIpc) is 3.05. The van der Waals surface area contributed by atoms with Crippen LogP contribution in [-0.2, 0) is 6.42 Å². The number of nitrogens with zero attached hydrogens (tertiary/aromatic N) is 2. The fourth-order valence-electron chi connectivity index (χ4n) is 2.43. The molecule has 0 aliphatic rings. The summed E-state index contributed by atoms with van der Waals surface area (Å²) in [5.41, 5.74) is 4.82. The molecule has 0 radical (unpaired) electrons. The molecule has 4 heteroatoms. The van der Waals surface area contributed by atoms with Crippen LogP contribution in [0.1, 0.15) is 5.56 Å². The number of aromatic nitrogens is 3. The van der Waals surface area contributed by atoms with E-state index in [9.17, 15) is 0 Å². The number of fused-ring (bicyclic) bond motifs is 1. The van der Waals surface area contributed by atoms with Gasteiger partial charge in [0.15, 0.2) is 0 Å². The van der Waals surface area contributed by atoms with Crippen LogP contribution in [0.4, 0.5) is 0 Å². The van der Waals surface area contributed by atoms with E-state index in [1.165, 1.54) is 22.0 Å². The van der Waals surface area contributed by atoms with Crippen molar-refractivity contribution in [1.29, 1.82) is 0 Å². The molecular weight excluding hydrogens is 236 g/mol. The van der Waals surface area contributed by atoms with Crippen molar-refractivity contribution in [2.75, 3.05) is 20.6 Å². The minimum Gasteiger partial charge on any atom is -0.361 e. The predicted molar refractivity (Wildman–Crippen MR) is 78.1 cm³/mol. The second-order valence-electron chi connectivity index (χ2n) is 5.07. The molecule has 98 valence electrons. The molecule has 0 atom stereocenters. The molecule has 0 aliphatic heterocycles. The van der Waals surface area contributed by atoms with Crippen LogP contribution in [0.15, 0.2) is 36.7 Å². The minimum atomic E-state index is 1.04. The minimum absolute atomic E-state index is 1.04. The lowest BCUT2D eigenvalue weighted by Gasteiger charge is -2.09. The fourth-order valence-corrected chi connectivity index (χ4v) is 2.43. The molecule has 3 aromatic rings. The zero-order valence-corrected chi connectivity index (χ0v) is 11.3. The Kier molecular flexibility index (Phi) is 3.09. The highest BCUT2D eigenvalue weighted by Crippen LogP contribution is 2.30.